The van der Waals surface area contributed by atoms with E-state index in [9.17, 15) is 4.79 Å². The van der Waals surface area contributed by atoms with Crippen LogP contribution in [-0.4, -0.2) is 25.7 Å². The molecule has 2 heterocycles. The van der Waals surface area contributed by atoms with Crippen molar-refractivity contribution in [1.29, 1.82) is 0 Å². The maximum atomic E-state index is 12.0. The first-order valence-electron chi connectivity index (χ1n) is 6.57. The molecular formula is C15H13N5OS. The Labute approximate surface area is 131 Å². The summed E-state index contributed by atoms with van der Waals surface area (Å²) < 4.78 is 1.85. The zero-order valence-electron chi connectivity index (χ0n) is 11.8. The number of carbonyl (C=O) groups is 1. The summed E-state index contributed by atoms with van der Waals surface area (Å²) in [7, 11) is 1.89. The third-order valence-corrected chi connectivity index (χ3v) is 3.95. The predicted molar refractivity (Wildman–Crippen MR) is 83.8 cm³/mol. The number of hydrogen-bond acceptors (Lipinski definition) is 5. The molecule has 0 spiro atoms. The Hall–Kier alpha value is -2.67. The van der Waals surface area contributed by atoms with Gasteiger partial charge >= 0.3 is 0 Å². The number of aromatic nitrogens is 4. The van der Waals surface area contributed by atoms with Crippen molar-refractivity contribution in [1.82, 2.24) is 19.7 Å². The van der Waals surface area contributed by atoms with Gasteiger partial charge in [-0.3, -0.25) is 9.78 Å². The second kappa shape index (κ2) is 6.40. The minimum absolute atomic E-state index is 0.227. The monoisotopic (exact) mass is 311 g/mol. The zero-order valence-corrected chi connectivity index (χ0v) is 12.6. The Morgan fingerprint density at radius 3 is 2.64 bits per heavy atom. The van der Waals surface area contributed by atoms with Gasteiger partial charge in [0.25, 0.3) is 5.91 Å². The van der Waals surface area contributed by atoms with Crippen LogP contribution in [0.5, 0.6) is 0 Å². The molecule has 22 heavy (non-hydrogen) atoms. The van der Waals surface area contributed by atoms with Crippen LogP contribution in [0.3, 0.4) is 0 Å². The topological polar surface area (TPSA) is 72.7 Å². The molecule has 3 rings (SSSR count). The van der Waals surface area contributed by atoms with Gasteiger partial charge in [0, 0.05) is 23.8 Å². The second-order valence-corrected chi connectivity index (χ2v) is 5.56. The lowest BCUT2D eigenvalue weighted by atomic mass is 10.3. The minimum atomic E-state index is -0.227. The van der Waals surface area contributed by atoms with E-state index in [-0.39, 0.29) is 5.91 Å². The highest BCUT2D eigenvalue weighted by Gasteiger charge is 2.07. The number of carbonyl (C=O) groups excluding carboxylic acids is 1. The molecule has 3 aromatic rings. The van der Waals surface area contributed by atoms with E-state index in [1.165, 1.54) is 11.8 Å². The van der Waals surface area contributed by atoms with Crippen LogP contribution in [0, 0.1) is 0 Å². The number of pyridine rings is 1. The molecule has 0 aliphatic carbocycles. The normalized spacial score (nSPS) is 10.4. The number of nitrogens with zero attached hydrogens (tertiary/aromatic N) is 4. The average molecular weight is 311 g/mol. The number of amides is 1. The van der Waals surface area contributed by atoms with Gasteiger partial charge in [-0.25, -0.2) is 0 Å². The molecule has 0 saturated carbocycles. The van der Waals surface area contributed by atoms with E-state index in [2.05, 4.69) is 20.5 Å². The molecule has 1 amide bonds. The van der Waals surface area contributed by atoms with Gasteiger partial charge < -0.3 is 9.88 Å². The van der Waals surface area contributed by atoms with E-state index >= 15 is 0 Å². The summed E-state index contributed by atoms with van der Waals surface area (Å²) in [4.78, 5) is 17.0. The first-order valence-corrected chi connectivity index (χ1v) is 7.38. The Morgan fingerprint density at radius 1 is 1.18 bits per heavy atom. The summed E-state index contributed by atoms with van der Waals surface area (Å²) in [5.74, 6) is -0.227. The highest BCUT2D eigenvalue weighted by Crippen LogP contribution is 2.26. The predicted octanol–water partition coefficient (Wildman–Crippen LogP) is 2.61. The summed E-state index contributed by atoms with van der Waals surface area (Å²) in [5.41, 5.74) is 1.11. The molecule has 0 bridgehead atoms. The molecule has 0 atom stereocenters. The Kier molecular flexibility index (Phi) is 4.15. The smallest absolute Gasteiger partial charge is 0.274 e. The van der Waals surface area contributed by atoms with E-state index in [0.29, 0.717) is 5.69 Å². The van der Waals surface area contributed by atoms with Gasteiger partial charge in [-0.1, -0.05) is 6.07 Å². The second-order valence-electron chi connectivity index (χ2n) is 4.52. The van der Waals surface area contributed by atoms with Gasteiger partial charge in [-0.2, -0.15) is 0 Å². The maximum Gasteiger partial charge on any atom is 0.274 e. The molecule has 1 N–H and O–H groups in total. The van der Waals surface area contributed by atoms with Gasteiger partial charge in [0.1, 0.15) is 12.0 Å². The fraction of sp³-hybridized carbons (Fsp3) is 0.0667. The molecule has 0 aliphatic heterocycles. The van der Waals surface area contributed by atoms with Gasteiger partial charge in [0.2, 0.25) is 0 Å². The van der Waals surface area contributed by atoms with Crippen molar-refractivity contribution in [2.24, 2.45) is 7.05 Å². The highest BCUT2D eigenvalue weighted by molar-refractivity contribution is 7.99. The number of aryl methyl sites for hydroxylation is 1. The number of anilines is 1. The van der Waals surface area contributed by atoms with Gasteiger partial charge in [-0.05, 0) is 48.2 Å². The van der Waals surface area contributed by atoms with Crippen molar-refractivity contribution in [3.05, 3.63) is 60.7 Å². The van der Waals surface area contributed by atoms with E-state index in [1.807, 2.05) is 35.9 Å². The molecule has 0 aliphatic rings. The Morgan fingerprint density at radius 2 is 2.00 bits per heavy atom. The van der Waals surface area contributed by atoms with Crippen LogP contribution < -0.4 is 5.32 Å². The van der Waals surface area contributed by atoms with E-state index in [1.54, 1.807) is 30.7 Å². The fourth-order valence-corrected chi connectivity index (χ4v) is 2.53. The molecular weight excluding hydrogens is 298 g/mol. The van der Waals surface area contributed by atoms with Crippen LogP contribution in [0.1, 0.15) is 10.5 Å². The highest BCUT2D eigenvalue weighted by atomic mass is 32.2. The SMILES string of the molecule is Cn1cnnc1Sc1ccc(NC(=O)c2ccccn2)cc1. The lowest BCUT2D eigenvalue weighted by Gasteiger charge is -2.06. The molecule has 7 heteroatoms. The van der Waals surface area contributed by atoms with Crippen molar-refractivity contribution in [3.8, 4) is 0 Å². The molecule has 2 aromatic heterocycles. The molecule has 6 nitrogen and oxygen atoms in total. The summed E-state index contributed by atoms with van der Waals surface area (Å²) in [6, 6.07) is 12.8. The van der Waals surface area contributed by atoms with Crippen LogP contribution in [0.4, 0.5) is 5.69 Å². The largest absolute Gasteiger partial charge is 0.321 e. The van der Waals surface area contributed by atoms with Crippen molar-refractivity contribution in [3.63, 3.8) is 0 Å². The van der Waals surface area contributed by atoms with Crippen molar-refractivity contribution in [2.75, 3.05) is 5.32 Å². The van der Waals surface area contributed by atoms with Crippen LogP contribution in [0.2, 0.25) is 0 Å². The van der Waals surface area contributed by atoms with Crippen molar-refractivity contribution < 1.29 is 4.79 Å². The van der Waals surface area contributed by atoms with Gasteiger partial charge in [-0.15, -0.1) is 10.2 Å². The number of nitrogens with one attached hydrogen (secondary N) is 1. The van der Waals surface area contributed by atoms with Gasteiger partial charge in [0.05, 0.1) is 0 Å². The molecule has 0 unspecified atom stereocenters. The first-order chi connectivity index (χ1) is 10.7. The van der Waals surface area contributed by atoms with Crippen molar-refractivity contribution >= 4 is 23.4 Å². The molecule has 110 valence electrons. The third kappa shape index (κ3) is 3.32. The number of hydrogen-bond donors (Lipinski definition) is 1. The number of rotatable bonds is 4. The first kappa shape index (κ1) is 14.3. The number of benzene rings is 1. The quantitative estimate of drug-likeness (QED) is 0.802. The summed E-state index contributed by atoms with van der Waals surface area (Å²) >= 11 is 1.51. The van der Waals surface area contributed by atoms with Crippen LogP contribution >= 0.6 is 11.8 Å². The summed E-state index contributed by atoms with van der Waals surface area (Å²) in [5, 5.41) is 11.5. The summed E-state index contributed by atoms with van der Waals surface area (Å²) in [6.07, 6.45) is 3.25. The lowest BCUT2D eigenvalue weighted by Crippen LogP contribution is -2.13. The zero-order chi connectivity index (χ0) is 15.4. The third-order valence-electron chi connectivity index (χ3n) is 2.89. The van der Waals surface area contributed by atoms with E-state index in [4.69, 9.17) is 0 Å². The van der Waals surface area contributed by atoms with Gasteiger partial charge in [0.15, 0.2) is 5.16 Å². The standard InChI is InChI=1S/C15H13N5OS/c1-20-10-17-19-15(20)22-12-7-5-11(6-8-12)18-14(21)13-4-2-3-9-16-13/h2-10H,1H3,(H,18,21). The Balaban J connectivity index is 1.67. The van der Waals surface area contributed by atoms with Crippen LogP contribution in [-0.2, 0) is 7.05 Å². The Bertz CT molecular complexity index is 770. The average Bonchev–Trinajstić information content (AvgIpc) is 2.95. The van der Waals surface area contributed by atoms with E-state index in [0.717, 1.165) is 15.7 Å². The molecule has 0 radical (unpaired) electrons. The fourth-order valence-electron chi connectivity index (χ4n) is 1.77. The molecule has 0 fully saturated rings. The van der Waals surface area contributed by atoms with E-state index < -0.39 is 0 Å². The summed E-state index contributed by atoms with van der Waals surface area (Å²) in [6.45, 7) is 0. The maximum absolute atomic E-state index is 12.0. The lowest BCUT2D eigenvalue weighted by molar-refractivity contribution is 0.102. The molecule has 1 aromatic carbocycles. The van der Waals surface area contributed by atoms with Crippen molar-refractivity contribution in [2.45, 2.75) is 10.1 Å². The van der Waals surface area contributed by atoms with Crippen LogP contribution in [0.25, 0.3) is 0 Å². The minimum Gasteiger partial charge on any atom is -0.321 e. The van der Waals surface area contributed by atoms with Crippen LogP contribution in [0.15, 0.2) is 65.0 Å². The molecule has 0 saturated heterocycles.